The summed E-state index contributed by atoms with van der Waals surface area (Å²) in [5, 5.41) is 2.80. The third kappa shape index (κ3) is 5.42. The second kappa shape index (κ2) is 8.29. The Bertz CT molecular complexity index is 566. The van der Waals surface area contributed by atoms with Gasteiger partial charge < -0.3 is 5.32 Å². The number of nitrogens with one attached hydrogen (secondary N) is 1. The number of hydrogen-bond acceptors (Lipinski definition) is 3. The summed E-state index contributed by atoms with van der Waals surface area (Å²) < 4.78 is 25.9. The van der Waals surface area contributed by atoms with E-state index in [1.807, 2.05) is 30.3 Å². The van der Waals surface area contributed by atoms with Crippen LogP contribution < -0.4 is 5.32 Å². The lowest BCUT2D eigenvalue weighted by atomic mass is 10.2. The number of carbonyl (C=O) groups is 1. The third-order valence-corrected chi connectivity index (χ3v) is 5.78. The van der Waals surface area contributed by atoms with Gasteiger partial charge in [-0.1, -0.05) is 24.6 Å². The van der Waals surface area contributed by atoms with Gasteiger partial charge in [0.15, 0.2) is 0 Å². The molecule has 122 valence electrons. The maximum absolute atomic E-state index is 12.1. The molecule has 0 spiro atoms. The van der Waals surface area contributed by atoms with Crippen LogP contribution in [0.3, 0.4) is 0 Å². The van der Waals surface area contributed by atoms with Gasteiger partial charge in [-0.2, -0.15) is 0 Å². The van der Waals surface area contributed by atoms with E-state index in [2.05, 4.69) is 5.32 Å². The maximum atomic E-state index is 12.1. The minimum absolute atomic E-state index is 0.0680. The van der Waals surface area contributed by atoms with Crippen LogP contribution in [0.2, 0.25) is 0 Å². The molecule has 5 nitrogen and oxygen atoms in total. The van der Waals surface area contributed by atoms with E-state index in [1.165, 1.54) is 0 Å². The molecule has 0 aliphatic carbocycles. The molecular formula is C16H24N2O3S. The van der Waals surface area contributed by atoms with Crippen LogP contribution in [-0.4, -0.2) is 37.5 Å². The molecule has 1 heterocycles. The third-order valence-electron chi connectivity index (χ3n) is 3.82. The molecule has 22 heavy (non-hydrogen) atoms. The Kier molecular flexibility index (Phi) is 6.39. The van der Waals surface area contributed by atoms with Crippen molar-refractivity contribution in [3.63, 3.8) is 0 Å². The highest BCUT2D eigenvalue weighted by Gasteiger charge is 2.23. The predicted octanol–water partition coefficient (Wildman–Crippen LogP) is 2.61. The van der Waals surface area contributed by atoms with Crippen LogP contribution >= 0.6 is 0 Å². The Morgan fingerprint density at radius 2 is 1.73 bits per heavy atom. The summed E-state index contributed by atoms with van der Waals surface area (Å²) in [5.41, 5.74) is 0.772. The molecule has 1 fully saturated rings. The Balaban J connectivity index is 1.67. The van der Waals surface area contributed by atoms with E-state index in [0.717, 1.165) is 24.9 Å². The Hall–Kier alpha value is -1.40. The van der Waals surface area contributed by atoms with Crippen molar-refractivity contribution >= 4 is 21.6 Å². The zero-order chi connectivity index (χ0) is 15.8. The zero-order valence-corrected chi connectivity index (χ0v) is 13.6. The largest absolute Gasteiger partial charge is 0.326 e. The molecule has 1 aromatic carbocycles. The fourth-order valence-corrected chi connectivity index (χ4v) is 4.23. The molecule has 0 atom stereocenters. The van der Waals surface area contributed by atoms with Crippen molar-refractivity contribution in [1.82, 2.24) is 4.31 Å². The zero-order valence-electron chi connectivity index (χ0n) is 12.8. The van der Waals surface area contributed by atoms with E-state index in [1.54, 1.807) is 4.31 Å². The Labute approximate surface area is 132 Å². The standard InChI is InChI=1S/C16H24N2O3S/c19-16(17-15-9-3-1-4-10-15)11-5-8-14-22(20,21)18-12-6-2-7-13-18/h1,3-4,9-10H,2,5-8,11-14H2,(H,17,19). The van der Waals surface area contributed by atoms with Crippen molar-refractivity contribution in [2.45, 2.75) is 38.5 Å². The average molecular weight is 324 g/mol. The van der Waals surface area contributed by atoms with Gasteiger partial charge in [0.05, 0.1) is 5.75 Å². The number of benzene rings is 1. The van der Waals surface area contributed by atoms with Crippen molar-refractivity contribution < 1.29 is 13.2 Å². The lowest BCUT2D eigenvalue weighted by Gasteiger charge is -2.25. The molecule has 1 aromatic rings. The van der Waals surface area contributed by atoms with Gasteiger partial charge in [0.25, 0.3) is 0 Å². The first-order valence-electron chi connectivity index (χ1n) is 7.91. The van der Waals surface area contributed by atoms with Gasteiger partial charge >= 0.3 is 0 Å². The van der Waals surface area contributed by atoms with Gasteiger partial charge in [0.1, 0.15) is 0 Å². The lowest BCUT2D eigenvalue weighted by Crippen LogP contribution is -2.37. The van der Waals surface area contributed by atoms with Gasteiger partial charge in [-0.25, -0.2) is 12.7 Å². The van der Waals surface area contributed by atoms with Crippen molar-refractivity contribution in [3.05, 3.63) is 30.3 Å². The maximum Gasteiger partial charge on any atom is 0.224 e. The van der Waals surface area contributed by atoms with Crippen LogP contribution in [0.5, 0.6) is 0 Å². The second-order valence-electron chi connectivity index (χ2n) is 5.65. The summed E-state index contributed by atoms with van der Waals surface area (Å²) in [6.07, 6.45) is 4.50. The first kappa shape index (κ1) is 17.0. The van der Waals surface area contributed by atoms with Gasteiger partial charge in [-0.15, -0.1) is 0 Å². The molecule has 6 heteroatoms. The highest BCUT2D eigenvalue weighted by molar-refractivity contribution is 7.89. The number of nitrogens with zero attached hydrogens (tertiary/aromatic N) is 1. The van der Waals surface area contributed by atoms with Crippen LogP contribution in [-0.2, 0) is 14.8 Å². The number of sulfonamides is 1. The first-order valence-corrected chi connectivity index (χ1v) is 9.51. The predicted molar refractivity (Wildman–Crippen MR) is 88.1 cm³/mol. The van der Waals surface area contributed by atoms with Crippen molar-refractivity contribution in [2.75, 3.05) is 24.2 Å². The number of piperidine rings is 1. The van der Waals surface area contributed by atoms with E-state index >= 15 is 0 Å². The molecule has 0 radical (unpaired) electrons. The molecule has 1 aliphatic heterocycles. The summed E-state index contributed by atoms with van der Waals surface area (Å²) in [6, 6.07) is 9.28. The summed E-state index contributed by atoms with van der Waals surface area (Å²) >= 11 is 0. The number of rotatable bonds is 7. The highest BCUT2D eigenvalue weighted by Crippen LogP contribution is 2.15. The smallest absolute Gasteiger partial charge is 0.224 e. The topological polar surface area (TPSA) is 66.5 Å². The van der Waals surface area contributed by atoms with Gasteiger partial charge in [-0.3, -0.25) is 4.79 Å². The van der Waals surface area contributed by atoms with Crippen molar-refractivity contribution in [3.8, 4) is 0 Å². The van der Waals surface area contributed by atoms with E-state index in [9.17, 15) is 13.2 Å². The normalized spacial score (nSPS) is 16.4. The van der Waals surface area contributed by atoms with Gasteiger partial charge in [0.2, 0.25) is 15.9 Å². The minimum Gasteiger partial charge on any atom is -0.326 e. The van der Waals surface area contributed by atoms with Crippen LogP contribution in [0.25, 0.3) is 0 Å². The molecular weight excluding hydrogens is 300 g/mol. The number of carbonyl (C=O) groups excluding carboxylic acids is 1. The van der Waals surface area contributed by atoms with Crippen LogP contribution in [0.4, 0.5) is 5.69 Å². The lowest BCUT2D eigenvalue weighted by molar-refractivity contribution is -0.116. The summed E-state index contributed by atoms with van der Waals surface area (Å²) in [5.74, 6) is 0.0765. The van der Waals surface area contributed by atoms with E-state index in [-0.39, 0.29) is 11.7 Å². The number of hydrogen-bond donors (Lipinski definition) is 1. The fraction of sp³-hybridized carbons (Fsp3) is 0.562. The molecule has 1 saturated heterocycles. The SMILES string of the molecule is O=C(CCCCS(=O)(=O)N1CCCCC1)Nc1ccccc1. The molecule has 2 rings (SSSR count). The monoisotopic (exact) mass is 324 g/mol. The van der Waals surface area contributed by atoms with E-state index < -0.39 is 10.0 Å². The molecule has 0 aromatic heterocycles. The Morgan fingerprint density at radius 3 is 2.41 bits per heavy atom. The summed E-state index contributed by atoms with van der Waals surface area (Å²) in [7, 11) is -3.14. The quantitative estimate of drug-likeness (QED) is 0.784. The van der Waals surface area contributed by atoms with Gasteiger partial charge in [0, 0.05) is 25.2 Å². The number of anilines is 1. The molecule has 0 unspecified atom stereocenters. The fourth-order valence-electron chi connectivity index (χ4n) is 2.59. The number of para-hydroxylation sites is 1. The molecule has 1 N–H and O–H groups in total. The first-order chi connectivity index (χ1) is 10.6. The average Bonchev–Trinajstić information content (AvgIpc) is 2.53. The van der Waals surface area contributed by atoms with Crippen molar-refractivity contribution in [2.24, 2.45) is 0 Å². The molecule has 0 saturated carbocycles. The summed E-state index contributed by atoms with van der Waals surface area (Å²) in [6.45, 7) is 1.30. The molecule has 1 amide bonds. The van der Waals surface area contributed by atoms with E-state index in [4.69, 9.17) is 0 Å². The molecule has 1 aliphatic rings. The van der Waals surface area contributed by atoms with E-state index in [0.29, 0.717) is 32.4 Å². The highest BCUT2D eigenvalue weighted by atomic mass is 32.2. The van der Waals surface area contributed by atoms with Crippen LogP contribution in [0.15, 0.2) is 30.3 Å². The number of unbranched alkanes of at least 4 members (excludes halogenated alkanes) is 1. The number of amides is 1. The van der Waals surface area contributed by atoms with Crippen LogP contribution in [0.1, 0.15) is 38.5 Å². The Morgan fingerprint density at radius 1 is 1.05 bits per heavy atom. The second-order valence-corrected chi connectivity index (χ2v) is 7.74. The minimum atomic E-state index is -3.14. The molecule has 0 bridgehead atoms. The van der Waals surface area contributed by atoms with Crippen molar-refractivity contribution in [1.29, 1.82) is 0 Å². The van der Waals surface area contributed by atoms with Crippen LogP contribution in [0, 0.1) is 0 Å². The summed E-state index contributed by atoms with van der Waals surface area (Å²) in [4.78, 5) is 11.8. The van der Waals surface area contributed by atoms with Gasteiger partial charge in [-0.05, 0) is 37.8 Å².